The van der Waals surface area contributed by atoms with Gasteiger partial charge >= 0.3 is 0 Å². The van der Waals surface area contributed by atoms with Crippen molar-refractivity contribution >= 4 is 34.2 Å². The molecule has 0 radical (unpaired) electrons. The van der Waals surface area contributed by atoms with Crippen molar-refractivity contribution in [3.63, 3.8) is 0 Å². The predicted molar refractivity (Wildman–Crippen MR) is 105 cm³/mol. The van der Waals surface area contributed by atoms with Crippen molar-refractivity contribution in [3.8, 4) is 0 Å². The molecule has 4 N–H and O–H groups in total. The first kappa shape index (κ1) is 18.6. The zero-order valence-corrected chi connectivity index (χ0v) is 16.1. The summed E-state index contributed by atoms with van der Waals surface area (Å²) in [5.74, 6) is -0.843. The third-order valence-corrected chi connectivity index (χ3v) is 5.87. The molecule has 1 saturated heterocycles. The van der Waals surface area contributed by atoms with Gasteiger partial charge in [0.05, 0.1) is 5.69 Å². The summed E-state index contributed by atoms with van der Waals surface area (Å²) in [7, 11) is 0. The van der Waals surface area contributed by atoms with Crippen LogP contribution in [0.25, 0.3) is 0 Å². The molecule has 9 heteroatoms. The van der Waals surface area contributed by atoms with Gasteiger partial charge in [0.2, 0.25) is 11.8 Å². The maximum Gasteiger partial charge on any atom is 0.255 e. The fraction of sp³-hybridized carbons (Fsp3) is 0.368. The Morgan fingerprint density at radius 3 is 2.96 bits per heavy atom. The lowest BCUT2D eigenvalue weighted by atomic mass is 10.0. The molecule has 1 fully saturated rings. The van der Waals surface area contributed by atoms with Crippen molar-refractivity contribution in [1.82, 2.24) is 15.2 Å². The van der Waals surface area contributed by atoms with Gasteiger partial charge in [-0.05, 0) is 24.1 Å². The molecule has 28 heavy (non-hydrogen) atoms. The monoisotopic (exact) mass is 399 g/mol. The van der Waals surface area contributed by atoms with Gasteiger partial charge in [-0.15, -0.1) is 11.3 Å². The Morgan fingerprint density at radius 1 is 1.32 bits per heavy atom. The summed E-state index contributed by atoms with van der Waals surface area (Å²) in [6.07, 6.45) is 1.35. The van der Waals surface area contributed by atoms with Crippen LogP contribution in [0.15, 0.2) is 23.6 Å². The van der Waals surface area contributed by atoms with Crippen molar-refractivity contribution in [3.05, 3.63) is 46.0 Å². The van der Waals surface area contributed by atoms with E-state index in [9.17, 15) is 14.4 Å². The number of nitrogens with zero attached hydrogens (tertiary/aromatic N) is 2. The highest BCUT2D eigenvalue weighted by Gasteiger charge is 2.39. The van der Waals surface area contributed by atoms with E-state index >= 15 is 0 Å². The minimum absolute atomic E-state index is 0.162. The van der Waals surface area contributed by atoms with Crippen molar-refractivity contribution in [2.45, 2.75) is 38.4 Å². The molecule has 1 aromatic heterocycles. The van der Waals surface area contributed by atoms with E-state index in [1.54, 1.807) is 4.90 Å². The molecule has 4 rings (SSSR count). The number of benzene rings is 1. The molecule has 0 spiro atoms. The number of nitrogens with two attached hydrogens (primary N) is 1. The van der Waals surface area contributed by atoms with E-state index < -0.39 is 11.9 Å². The van der Waals surface area contributed by atoms with E-state index in [2.05, 4.69) is 15.6 Å². The Balaban J connectivity index is 1.50. The third-order valence-electron chi connectivity index (χ3n) is 5.02. The number of fused-ring (bicyclic) bond motifs is 1. The molecule has 3 amide bonds. The molecule has 0 bridgehead atoms. The third kappa shape index (κ3) is 3.50. The van der Waals surface area contributed by atoms with Crippen LogP contribution in [-0.4, -0.2) is 40.2 Å². The molecule has 2 aromatic rings. The van der Waals surface area contributed by atoms with Crippen molar-refractivity contribution in [2.75, 3.05) is 11.9 Å². The van der Waals surface area contributed by atoms with Gasteiger partial charge in [-0.25, -0.2) is 4.98 Å². The minimum atomic E-state index is -0.601. The molecule has 0 aliphatic carbocycles. The van der Waals surface area contributed by atoms with Crippen LogP contribution in [0.1, 0.15) is 40.0 Å². The first-order valence-corrected chi connectivity index (χ1v) is 10.1. The van der Waals surface area contributed by atoms with E-state index in [-0.39, 0.29) is 18.2 Å². The number of carbonyl (C=O) groups is 3. The summed E-state index contributed by atoms with van der Waals surface area (Å²) < 4.78 is 0. The zero-order valence-electron chi connectivity index (χ0n) is 15.2. The van der Waals surface area contributed by atoms with E-state index in [1.165, 1.54) is 11.3 Å². The molecule has 2 aliphatic rings. The molecular formula is C19H21N5O3S. The van der Waals surface area contributed by atoms with Crippen LogP contribution < -0.4 is 16.4 Å². The van der Waals surface area contributed by atoms with Crippen LogP contribution in [0.3, 0.4) is 0 Å². The summed E-state index contributed by atoms with van der Waals surface area (Å²) in [4.78, 5) is 42.7. The van der Waals surface area contributed by atoms with E-state index in [1.807, 2.05) is 23.6 Å². The number of carbonyl (C=O) groups excluding carboxylic acids is 3. The fourth-order valence-electron chi connectivity index (χ4n) is 3.66. The lowest BCUT2D eigenvalue weighted by Gasteiger charge is -2.29. The number of anilines is 1. The van der Waals surface area contributed by atoms with Crippen LogP contribution in [0, 0.1) is 0 Å². The lowest BCUT2D eigenvalue weighted by Crippen LogP contribution is -2.52. The van der Waals surface area contributed by atoms with Crippen molar-refractivity contribution < 1.29 is 14.4 Å². The van der Waals surface area contributed by atoms with Gasteiger partial charge in [0.15, 0.2) is 5.13 Å². The second-order valence-electron chi connectivity index (χ2n) is 6.89. The Hall–Kier alpha value is -2.78. The number of rotatable bonds is 6. The number of nitrogens with one attached hydrogen (secondary N) is 2. The number of thiazole rings is 1. The van der Waals surface area contributed by atoms with Crippen LogP contribution in [0.5, 0.6) is 0 Å². The van der Waals surface area contributed by atoms with Crippen LogP contribution in [0.4, 0.5) is 5.13 Å². The molecule has 3 heterocycles. The van der Waals surface area contributed by atoms with Crippen molar-refractivity contribution in [1.29, 1.82) is 0 Å². The Kier molecular flexibility index (Phi) is 5.10. The van der Waals surface area contributed by atoms with E-state index in [0.29, 0.717) is 31.6 Å². The number of aromatic nitrogens is 1. The number of hydrogen-bond acceptors (Lipinski definition) is 7. The van der Waals surface area contributed by atoms with Gasteiger partial charge in [-0.2, -0.15) is 0 Å². The standard InChI is InChI=1S/C19H21N5O3S/c20-7-6-13-10-28-19(22-13)21-8-11-2-1-3-12-9-24(18(27)16(11)12)14-4-5-15(25)23-17(14)26/h1-3,10,14H,4-9,20H2,(H,21,22)(H,23,25,26). The second kappa shape index (κ2) is 7.69. The number of amides is 3. The average molecular weight is 399 g/mol. The van der Waals surface area contributed by atoms with Gasteiger partial charge in [0.25, 0.3) is 5.91 Å². The number of piperidine rings is 1. The number of hydrogen-bond donors (Lipinski definition) is 3. The van der Waals surface area contributed by atoms with Crippen molar-refractivity contribution in [2.24, 2.45) is 5.73 Å². The quantitative estimate of drug-likeness (QED) is 0.624. The summed E-state index contributed by atoms with van der Waals surface area (Å²) in [5.41, 5.74) is 8.92. The highest BCUT2D eigenvalue weighted by atomic mass is 32.1. The van der Waals surface area contributed by atoms with E-state index in [0.717, 1.165) is 28.4 Å². The molecule has 2 aliphatic heterocycles. The Labute approximate surface area is 166 Å². The predicted octanol–water partition coefficient (Wildman–Crippen LogP) is 1.02. The van der Waals surface area contributed by atoms with Crippen LogP contribution in [0.2, 0.25) is 0 Å². The highest BCUT2D eigenvalue weighted by Crippen LogP contribution is 2.30. The Bertz CT molecular complexity index is 941. The van der Waals surface area contributed by atoms with Gasteiger partial charge in [0, 0.05) is 36.9 Å². The molecule has 146 valence electrons. The molecule has 0 saturated carbocycles. The Morgan fingerprint density at radius 2 is 2.18 bits per heavy atom. The topological polar surface area (TPSA) is 117 Å². The summed E-state index contributed by atoms with van der Waals surface area (Å²) in [5, 5.41) is 8.36. The molecule has 8 nitrogen and oxygen atoms in total. The van der Waals surface area contributed by atoms with Crippen LogP contribution in [-0.2, 0) is 29.1 Å². The SMILES string of the molecule is NCCc1csc(NCc2cccc3c2C(=O)N(C2CCC(=O)NC2=O)C3)n1. The summed E-state index contributed by atoms with van der Waals surface area (Å²) >= 11 is 1.51. The average Bonchev–Trinajstić information content (AvgIpc) is 3.25. The molecule has 1 atom stereocenters. The molecule has 1 aromatic carbocycles. The normalized spacial score (nSPS) is 19.0. The van der Waals surface area contributed by atoms with E-state index in [4.69, 9.17) is 5.73 Å². The molecular weight excluding hydrogens is 378 g/mol. The largest absolute Gasteiger partial charge is 0.357 e. The summed E-state index contributed by atoms with van der Waals surface area (Å²) in [6.45, 7) is 1.40. The second-order valence-corrected chi connectivity index (χ2v) is 7.75. The van der Waals surface area contributed by atoms with Gasteiger partial charge < -0.3 is 16.0 Å². The molecule has 1 unspecified atom stereocenters. The minimum Gasteiger partial charge on any atom is -0.357 e. The summed E-state index contributed by atoms with van der Waals surface area (Å²) in [6, 6.07) is 5.13. The van der Waals surface area contributed by atoms with Gasteiger partial charge in [-0.3, -0.25) is 19.7 Å². The first-order valence-electron chi connectivity index (χ1n) is 9.20. The van der Waals surface area contributed by atoms with Gasteiger partial charge in [0.1, 0.15) is 6.04 Å². The maximum atomic E-state index is 13.1. The zero-order chi connectivity index (χ0) is 19.7. The number of imide groups is 1. The van der Waals surface area contributed by atoms with Gasteiger partial charge in [-0.1, -0.05) is 18.2 Å². The highest BCUT2D eigenvalue weighted by molar-refractivity contribution is 7.13. The fourth-order valence-corrected chi connectivity index (χ4v) is 4.40. The van der Waals surface area contributed by atoms with Crippen LogP contribution >= 0.6 is 11.3 Å². The first-order chi connectivity index (χ1) is 13.6. The smallest absolute Gasteiger partial charge is 0.255 e. The maximum absolute atomic E-state index is 13.1. The lowest BCUT2D eigenvalue weighted by molar-refractivity contribution is -0.136.